The summed E-state index contributed by atoms with van der Waals surface area (Å²) in [5.74, 6) is -0.549. The molecule has 6 nitrogen and oxygen atoms in total. The van der Waals surface area contributed by atoms with Crippen LogP contribution in [0.5, 0.6) is 5.75 Å². The van der Waals surface area contributed by atoms with Gasteiger partial charge in [-0.15, -0.1) is 0 Å². The lowest BCUT2D eigenvalue weighted by atomic mass is 10.0. The van der Waals surface area contributed by atoms with Crippen molar-refractivity contribution < 1.29 is 28.6 Å². The molecule has 0 aromatic heterocycles. The number of esters is 2. The van der Waals surface area contributed by atoms with Crippen LogP contribution in [0.2, 0.25) is 0 Å². The fourth-order valence-corrected chi connectivity index (χ4v) is 2.43. The molecule has 0 saturated heterocycles. The van der Waals surface area contributed by atoms with Gasteiger partial charge in [0.1, 0.15) is 24.7 Å². The van der Waals surface area contributed by atoms with Crippen molar-refractivity contribution in [3.8, 4) is 16.9 Å². The molecule has 1 unspecified atom stereocenters. The first kappa shape index (κ1) is 21.6. The summed E-state index contributed by atoms with van der Waals surface area (Å²) in [7, 11) is 0. The second-order valence-corrected chi connectivity index (χ2v) is 6.00. The predicted octanol–water partition coefficient (Wildman–Crippen LogP) is 3.76. The van der Waals surface area contributed by atoms with E-state index in [2.05, 4.69) is 13.2 Å². The maximum absolute atomic E-state index is 11.4. The monoisotopic (exact) mass is 394 g/mol. The zero-order valence-electron chi connectivity index (χ0n) is 15.9. The first-order valence-electron chi connectivity index (χ1n) is 8.96. The highest BCUT2D eigenvalue weighted by Crippen LogP contribution is 2.23. The van der Waals surface area contributed by atoms with Crippen LogP contribution in [0.15, 0.2) is 73.8 Å². The molecule has 150 valence electrons. The SMILES string of the molecule is C=CC(=O)OCC(CCOc1ccc(-c2ccc(C=O)cc2)cc1)OC(=O)C=C. The lowest BCUT2D eigenvalue weighted by Gasteiger charge is -2.17. The van der Waals surface area contributed by atoms with Crippen molar-refractivity contribution in [2.24, 2.45) is 0 Å². The number of aldehydes is 1. The van der Waals surface area contributed by atoms with Crippen LogP contribution in [-0.2, 0) is 19.1 Å². The second-order valence-electron chi connectivity index (χ2n) is 6.00. The van der Waals surface area contributed by atoms with Crippen LogP contribution in [0.3, 0.4) is 0 Å². The summed E-state index contributed by atoms with van der Waals surface area (Å²) in [6.07, 6.45) is 2.57. The first-order valence-corrected chi connectivity index (χ1v) is 8.96. The van der Waals surface area contributed by atoms with Crippen LogP contribution < -0.4 is 4.74 Å². The van der Waals surface area contributed by atoms with Gasteiger partial charge in [0.2, 0.25) is 0 Å². The summed E-state index contributed by atoms with van der Waals surface area (Å²) in [6.45, 7) is 6.83. The fourth-order valence-electron chi connectivity index (χ4n) is 2.43. The third-order valence-electron chi connectivity index (χ3n) is 3.97. The number of benzene rings is 2. The molecule has 0 saturated carbocycles. The quantitative estimate of drug-likeness (QED) is 0.328. The molecule has 0 bridgehead atoms. The van der Waals surface area contributed by atoms with Gasteiger partial charge < -0.3 is 14.2 Å². The Morgan fingerprint density at radius 2 is 1.48 bits per heavy atom. The van der Waals surface area contributed by atoms with Crippen LogP contribution in [0.4, 0.5) is 0 Å². The predicted molar refractivity (Wildman–Crippen MR) is 109 cm³/mol. The van der Waals surface area contributed by atoms with E-state index in [0.717, 1.165) is 29.6 Å². The summed E-state index contributed by atoms with van der Waals surface area (Å²) in [4.78, 5) is 33.4. The minimum absolute atomic E-state index is 0.0937. The Hall–Kier alpha value is -3.67. The van der Waals surface area contributed by atoms with Gasteiger partial charge in [-0.3, -0.25) is 4.79 Å². The Kier molecular flexibility index (Phi) is 8.38. The molecule has 29 heavy (non-hydrogen) atoms. The van der Waals surface area contributed by atoms with Gasteiger partial charge in [0.15, 0.2) is 0 Å². The average molecular weight is 394 g/mol. The zero-order valence-corrected chi connectivity index (χ0v) is 15.9. The summed E-state index contributed by atoms with van der Waals surface area (Å²) in [6, 6.07) is 14.7. The molecule has 0 aliphatic rings. The highest BCUT2D eigenvalue weighted by atomic mass is 16.6. The largest absolute Gasteiger partial charge is 0.493 e. The Labute approximate surface area is 169 Å². The summed E-state index contributed by atoms with van der Waals surface area (Å²) < 4.78 is 15.8. The molecule has 0 heterocycles. The molecular weight excluding hydrogens is 372 g/mol. The number of carbonyl (C=O) groups excluding carboxylic acids is 3. The van der Waals surface area contributed by atoms with Gasteiger partial charge in [-0.1, -0.05) is 49.6 Å². The van der Waals surface area contributed by atoms with Crippen molar-refractivity contribution in [2.45, 2.75) is 12.5 Å². The highest BCUT2D eigenvalue weighted by molar-refractivity contribution is 5.82. The number of rotatable bonds is 11. The molecule has 0 fully saturated rings. The lowest BCUT2D eigenvalue weighted by Crippen LogP contribution is -2.26. The molecule has 0 amide bonds. The van der Waals surface area contributed by atoms with E-state index in [1.54, 1.807) is 12.1 Å². The van der Waals surface area contributed by atoms with Gasteiger partial charge in [-0.2, -0.15) is 0 Å². The Balaban J connectivity index is 1.89. The molecule has 2 aromatic rings. The zero-order chi connectivity index (χ0) is 21.1. The summed E-state index contributed by atoms with van der Waals surface area (Å²) >= 11 is 0. The van der Waals surface area contributed by atoms with Gasteiger partial charge >= 0.3 is 11.9 Å². The van der Waals surface area contributed by atoms with Crippen molar-refractivity contribution >= 4 is 18.2 Å². The maximum atomic E-state index is 11.4. The Bertz CT molecular complexity index is 852. The molecular formula is C23H22O6. The van der Waals surface area contributed by atoms with E-state index in [4.69, 9.17) is 14.2 Å². The molecule has 0 aliphatic carbocycles. The maximum Gasteiger partial charge on any atom is 0.330 e. The van der Waals surface area contributed by atoms with Crippen molar-refractivity contribution in [1.29, 1.82) is 0 Å². The molecule has 2 aromatic carbocycles. The van der Waals surface area contributed by atoms with Crippen molar-refractivity contribution in [3.05, 3.63) is 79.4 Å². The molecule has 0 radical (unpaired) electrons. The molecule has 6 heteroatoms. The van der Waals surface area contributed by atoms with Gasteiger partial charge in [-0.05, 0) is 23.3 Å². The smallest absolute Gasteiger partial charge is 0.330 e. The highest BCUT2D eigenvalue weighted by Gasteiger charge is 2.15. The van der Waals surface area contributed by atoms with Crippen molar-refractivity contribution in [2.75, 3.05) is 13.2 Å². The van der Waals surface area contributed by atoms with E-state index in [-0.39, 0.29) is 13.2 Å². The van der Waals surface area contributed by atoms with E-state index in [1.165, 1.54) is 0 Å². The normalized spacial score (nSPS) is 11.0. The third kappa shape index (κ3) is 7.10. The van der Waals surface area contributed by atoms with Crippen LogP contribution >= 0.6 is 0 Å². The van der Waals surface area contributed by atoms with E-state index in [0.29, 0.717) is 17.7 Å². The van der Waals surface area contributed by atoms with Crippen molar-refractivity contribution in [1.82, 2.24) is 0 Å². The molecule has 2 rings (SSSR count). The Morgan fingerprint density at radius 3 is 2.03 bits per heavy atom. The standard InChI is InChI=1S/C23H22O6/c1-3-22(25)28-16-21(29-23(26)4-2)13-14-27-20-11-9-19(10-12-20)18-7-5-17(15-24)6-8-18/h3-12,15,21H,1-2,13-14,16H2. The minimum atomic E-state index is -0.653. The topological polar surface area (TPSA) is 78.9 Å². The Morgan fingerprint density at radius 1 is 0.897 bits per heavy atom. The van der Waals surface area contributed by atoms with Crippen LogP contribution in [0.25, 0.3) is 11.1 Å². The van der Waals surface area contributed by atoms with Gasteiger partial charge in [-0.25, -0.2) is 9.59 Å². The van der Waals surface area contributed by atoms with Crippen LogP contribution in [0, 0.1) is 0 Å². The number of carbonyl (C=O) groups is 3. The fraction of sp³-hybridized carbons (Fsp3) is 0.174. The van der Waals surface area contributed by atoms with Gasteiger partial charge in [0.05, 0.1) is 6.61 Å². The number of hydrogen-bond acceptors (Lipinski definition) is 6. The number of ether oxygens (including phenoxy) is 3. The molecule has 1 atom stereocenters. The van der Waals surface area contributed by atoms with Gasteiger partial charge in [0.25, 0.3) is 0 Å². The summed E-state index contributed by atoms with van der Waals surface area (Å²) in [5.41, 5.74) is 2.60. The first-order chi connectivity index (χ1) is 14.0. The van der Waals surface area contributed by atoms with Crippen LogP contribution in [0.1, 0.15) is 16.8 Å². The average Bonchev–Trinajstić information content (AvgIpc) is 2.77. The van der Waals surface area contributed by atoms with E-state index < -0.39 is 18.0 Å². The van der Waals surface area contributed by atoms with E-state index in [9.17, 15) is 14.4 Å². The third-order valence-corrected chi connectivity index (χ3v) is 3.97. The lowest BCUT2D eigenvalue weighted by molar-refractivity contribution is -0.153. The molecule has 0 spiro atoms. The summed E-state index contributed by atoms with van der Waals surface area (Å²) in [5, 5.41) is 0. The number of hydrogen-bond donors (Lipinski definition) is 0. The van der Waals surface area contributed by atoms with E-state index in [1.807, 2.05) is 36.4 Å². The molecule has 0 aliphatic heterocycles. The van der Waals surface area contributed by atoms with Crippen LogP contribution in [-0.4, -0.2) is 37.5 Å². The van der Waals surface area contributed by atoms with Gasteiger partial charge in [0, 0.05) is 24.1 Å². The molecule has 0 N–H and O–H groups in total. The van der Waals surface area contributed by atoms with E-state index >= 15 is 0 Å². The second kappa shape index (κ2) is 11.2. The minimum Gasteiger partial charge on any atom is -0.493 e. The van der Waals surface area contributed by atoms with Crippen molar-refractivity contribution in [3.63, 3.8) is 0 Å².